The highest BCUT2D eigenvalue weighted by Gasteiger charge is 2.13. The SMILES string of the molecule is Cc1cccc(C(=O)N(C)CC/C(N)=N/O)n1. The van der Waals surface area contributed by atoms with Gasteiger partial charge in [-0.15, -0.1) is 0 Å². The minimum atomic E-state index is -0.181. The normalized spacial score (nSPS) is 11.3. The van der Waals surface area contributed by atoms with Crippen LogP contribution in [0.5, 0.6) is 0 Å². The number of aromatic nitrogens is 1. The van der Waals surface area contributed by atoms with E-state index < -0.39 is 0 Å². The highest BCUT2D eigenvalue weighted by molar-refractivity contribution is 5.92. The molecule has 0 saturated carbocycles. The van der Waals surface area contributed by atoms with Gasteiger partial charge in [-0.1, -0.05) is 11.2 Å². The number of hydrogen-bond acceptors (Lipinski definition) is 4. The van der Waals surface area contributed by atoms with Gasteiger partial charge < -0.3 is 15.8 Å². The highest BCUT2D eigenvalue weighted by Crippen LogP contribution is 2.02. The molecule has 1 heterocycles. The summed E-state index contributed by atoms with van der Waals surface area (Å²) >= 11 is 0. The van der Waals surface area contributed by atoms with Gasteiger partial charge in [-0.3, -0.25) is 4.79 Å². The Kier molecular flexibility index (Phi) is 4.45. The first-order valence-corrected chi connectivity index (χ1v) is 5.20. The Balaban J connectivity index is 2.64. The van der Waals surface area contributed by atoms with Crippen molar-refractivity contribution in [1.82, 2.24) is 9.88 Å². The number of pyridine rings is 1. The van der Waals surface area contributed by atoms with Crippen molar-refractivity contribution in [3.05, 3.63) is 29.6 Å². The van der Waals surface area contributed by atoms with Crippen molar-refractivity contribution in [3.8, 4) is 0 Å². The zero-order valence-electron chi connectivity index (χ0n) is 9.92. The number of rotatable bonds is 4. The number of amides is 1. The van der Waals surface area contributed by atoms with Gasteiger partial charge in [0.2, 0.25) is 0 Å². The zero-order chi connectivity index (χ0) is 12.8. The van der Waals surface area contributed by atoms with Crippen LogP contribution < -0.4 is 5.73 Å². The molecule has 0 unspecified atom stereocenters. The molecule has 0 aromatic carbocycles. The van der Waals surface area contributed by atoms with Crippen LogP contribution in [0, 0.1) is 6.92 Å². The smallest absolute Gasteiger partial charge is 0.272 e. The van der Waals surface area contributed by atoms with E-state index in [1.54, 1.807) is 19.2 Å². The number of aryl methyl sites for hydroxylation is 1. The number of carbonyl (C=O) groups is 1. The minimum absolute atomic E-state index is 0.0989. The monoisotopic (exact) mass is 236 g/mol. The van der Waals surface area contributed by atoms with Gasteiger partial charge in [0.15, 0.2) is 0 Å². The number of hydrogen-bond donors (Lipinski definition) is 2. The van der Waals surface area contributed by atoms with Crippen molar-refractivity contribution in [2.45, 2.75) is 13.3 Å². The number of nitrogens with zero attached hydrogens (tertiary/aromatic N) is 3. The molecule has 92 valence electrons. The van der Waals surface area contributed by atoms with Crippen LogP contribution in [0.4, 0.5) is 0 Å². The molecule has 0 saturated heterocycles. The molecule has 1 aromatic heterocycles. The molecule has 0 fully saturated rings. The van der Waals surface area contributed by atoms with Crippen LogP contribution in [-0.2, 0) is 0 Å². The molecule has 1 aromatic rings. The second-order valence-corrected chi connectivity index (χ2v) is 3.73. The number of carbonyl (C=O) groups excluding carboxylic acids is 1. The first-order valence-electron chi connectivity index (χ1n) is 5.20. The molecule has 0 atom stereocenters. The second kappa shape index (κ2) is 5.83. The maximum Gasteiger partial charge on any atom is 0.272 e. The van der Waals surface area contributed by atoms with Crippen molar-refractivity contribution >= 4 is 11.7 Å². The van der Waals surface area contributed by atoms with Gasteiger partial charge in [-0.2, -0.15) is 0 Å². The van der Waals surface area contributed by atoms with Gasteiger partial charge in [0, 0.05) is 25.7 Å². The fourth-order valence-electron chi connectivity index (χ4n) is 1.29. The van der Waals surface area contributed by atoms with Crippen LogP contribution >= 0.6 is 0 Å². The van der Waals surface area contributed by atoms with Crippen molar-refractivity contribution < 1.29 is 10.0 Å². The third kappa shape index (κ3) is 3.75. The Bertz CT molecular complexity index is 431. The third-order valence-electron chi connectivity index (χ3n) is 2.29. The van der Waals surface area contributed by atoms with Crippen LogP contribution in [0.1, 0.15) is 22.6 Å². The van der Waals surface area contributed by atoms with E-state index in [9.17, 15) is 4.79 Å². The van der Waals surface area contributed by atoms with Crippen molar-refractivity contribution in [3.63, 3.8) is 0 Å². The second-order valence-electron chi connectivity index (χ2n) is 3.73. The predicted molar refractivity (Wildman–Crippen MR) is 64.0 cm³/mol. The molecular weight excluding hydrogens is 220 g/mol. The van der Waals surface area contributed by atoms with E-state index in [0.717, 1.165) is 5.69 Å². The van der Waals surface area contributed by atoms with E-state index in [1.165, 1.54) is 4.90 Å². The van der Waals surface area contributed by atoms with E-state index in [0.29, 0.717) is 18.7 Å². The summed E-state index contributed by atoms with van der Waals surface area (Å²) in [6, 6.07) is 5.27. The number of oxime groups is 1. The topological polar surface area (TPSA) is 91.8 Å². The lowest BCUT2D eigenvalue weighted by Gasteiger charge is -2.16. The van der Waals surface area contributed by atoms with Crippen LogP contribution in [0.25, 0.3) is 0 Å². The van der Waals surface area contributed by atoms with E-state index in [-0.39, 0.29) is 11.7 Å². The summed E-state index contributed by atoms with van der Waals surface area (Å²) in [6.45, 7) is 2.21. The van der Waals surface area contributed by atoms with Crippen LogP contribution in [0.3, 0.4) is 0 Å². The lowest BCUT2D eigenvalue weighted by atomic mass is 10.2. The van der Waals surface area contributed by atoms with Gasteiger partial charge >= 0.3 is 0 Å². The van der Waals surface area contributed by atoms with Crippen LogP contribution in [0.15, 0.2) is 23.4 Å². The Morgan fingerprint density at radius 1 is 1.59 bits per heavy atom. The van der Waals surface area contributed by atoms with Gasteiger partial charge in [-0.25, -0.2) is 4.98 Å². The first-order chi connectivity index (χ1) is 8.04. The molecule has 17 heavy (non-hydrogen) atoms. The molecule has 6 heteroatoms. The molecule has 3 N–H and O–H groups in total. The summed E-state index contributed by atoms with van der Waals surface area (Å²) in [5.41, 5.74) is 6.52. The molecule has 0 bridgehead atoms. The molecule has 1 rings (SSSR count). The van der Waals surface area contributed by atoms with Gasteiger partial charge in [0.25, 0.3) is 5.91 Å². The molecule has 6 nitrogen and oxygen atoms in total. The lowest BCUT2D eigenvalue weighted by Crippen LogP contribution is -2.31. The highest BCUT2D eigenvalue weighted by atomic mass is 16.4. The first kappa shape index (κ1) is 13.0. The van der Waals surface area contributed by atoms with E-state index in [1.807, 2.05) is 13.0 Å². The average Bonchev–Trinajstić information content (AvgIpc) is 2.34. The Morgan fingerprint density at radius 2 is 2.29 bits per heavy atom. The molecule has 0 aliphatic rings. The number of amidine groups is 1. The molecule has 0 aliphatic carbocycles. The third-order valence-corrected chi connectivity index (χ3v) is 2.29. The van der Waals surface area contributed by atoms with Gasteiger partial charge in [-0.05, 0) is 19.1 Å². The molecule has 0 radical (unpaired) electrons. The predicted octanol–water partition coefficient (Wildman–Crippen LogP) is 0.599. The summed E-state index contributed by atoms with van der Waals surface area (Å²) in [7, 11) is 1.65. The maximum absolute atomic E-state index is 11.9. The van der Waals surface area contributed by atoms with Crippen molar-refractivity contribution in [2.24, 2.45) is 10.9 Å². The fraction of sp³-hybridized carbons (Fsp3) is 0.364. The quantitative estimate of drug-likeness (QED) is 0.346. The lowest BCUT2D eigenvalue weighted by molar-refractivity contribution is 0.0792. The fourth-order valence-corrected chi connectivity index (χ4v) is 1.29. The minimum Gasteiger partial charge on any atom is -0.409 e. The number of nitrogens with two attached hydrogens (primary N) is 1. The van der Waals surface area contributed by atoms with Gasteiger partial charge in [0.1, 0.15) is 11.5 Å². The standard InChI is InChI=1S/C11H16N4O2/c1-8-4-3-5-9(13-8)11(16)15(2)7-6-10(12)14-17/h3-5,17H,6-7H2,1-2H3,(H2,12,14). The summed E-state index contributed by atoms with van der Waals surface area (Å²) in [4.78, 5) is 17.5. The zero-order valence-corrected chi connectivity index (χ0v) is 9.92. The Hall–Kier alpha value is -2.11. The summed E-state index contributed by atoms with van der Waals surface area (Å²) < 4.78 is 0. The Labute approximate surface area is 99.7 Å². The average molecular weight is 236 g/mol. The van der Waals surface area contributed by atoms with E-state index in [4.69, 9.17) is 10.9 Å². The molecule has 1 amide bonds. The largest absolute Gasteiger partial charge is 0.409 e. The summed E-state index contributed by atoms with van der Waals surface area (Å²) in [5.74, 6) is -0.0821. The summed E-state index contributed by atoms with van der Waals surface area (Å²) in [5, 5.41) is 11.2. The molecular formula is C11H16N4O2. The molecule has 0 aliphatic heterocycles. The summed E-state index contributed by atoms with van der Waals surface area (Å²) in [6.07, 6.45) is 0.324. The Morgan fingerprint density at radius 3 is 2.88 bits per heavy atom. The van der Waals surface area contributed by atoms with Crippen LogP contribution in [-0.4, -0.2) is 40.4 Å². The van der Waals surface area contributed by atoms with E-state index >= 15 is 0 Å². The van der Waals surface area contributed by atoms with E-state index in [2.05, 4.69) is 10.1 Å². The van der Waals surface area contributed by atoms with Gasteiger partial charge in [0.05, 0.1) is 0 Å². The van der Waals surface area contributed by atoms with Crippen molar-refractivity contribution in [2.75, 3.05) is 13.6 Å². The van der Waals surface area contributed by atoms with Crippen LogP contribution in [0.2, 0.25) is 0 Å². The van der Waals surface area contributed by atoms with Crippen molar-refractivity contribution in [1.29, 1.82) is 0 Å². The maximum atomic E-state index is 11.9. The molecule has 0 spiro atoms.